The first-order chi connectivity index (χ1) is 11.6. The van der Waals surface area contributed by atoms with E-state index in [1.54, 1.807) is 7.11 Å². The molecule has 0 aliphatic heterocycles. The van der Waals surface area contributed by atoms with E-state index in [1.165, 1.54) is 0 Å². The Labute approximate surface area is 174 Å². The molecule has 3 N–H and O–H groups in total. The molecule has 2 aromatic rings. The Kier molecular flexibility index (Phi) is 7.37. The highest BCUT2D eigenvalue weighted by Gasteiger charge is 2.38. The normalized spacial score (nSPS) is 19.2. The highest BCUT2D eigenvalue weighted by atomic mass is 127. The molecule has 1 saturated carbocycles. The number of ether oxygens (including phenoxy) is 1. The fourth-order valence-electron chi connectivity index (χ4n) is 2.70. The quantitative estimate of drug-likeness (QED) is 0.350. The lowest BCUT2D eigenvalue weighted by Gasteiger charge is -2.10. The molecule has 7 heteroatoms. The van der Waals surface area contributed by atoms with Crippen molar-refractivity contribution in [2.75, 3.05) is 12.4 Å². The molecule has 1 fully saturated rings. The number of halogens is 3. The van der Waals surface area contributed by atoms with Crippen molar-refractivity contribution in [1.82, 2.24) is 0 Å². The number of hydrogen-bond acceptors (Lipinski definition) is 2. The predicted molar refractivity (Wildman–Crippen MR) is 115 cm³/mol. The van der Waals surface area contributed by atoms with Crippen LogP contribution in [-0.4, -0.2) is 19.1 Å². The van der Waals surface area contributed by atoms with Crippen molar-refractivity contribution in [3.05, 3.63) is 63.6 Å². The van der Waals surface area contributed by atoms with Gasteiger partial charge in [-0.25, -0.2) is 4.99 Å². The summed E-state index contributed by atoms with van der Waals surface area (Å²) in [6.45, 7) is 0.520. The van der Waals surface area contributed by atoms with Crippen molar-refractivity contribution in [3.8, 4) is 0 Å². The number of aliphatic imine (C=N–C) groups is 1. The molecule has 2 aromatic carbocycles. The summed E-state index contributed by atoms with van der Waals surface area (Å²) >= 11 is 12.0. The van der Waals surface area contributed by atoms with Gasteiger partial charge in [0.15, 0.2) is 5.96 Å². The molecule has 0 amide bonds. The Morgan fingerprint density at radius 3 is 2.72 bits per heavy atom. The zero-order chi connectivity index (χ0) is 17.1. The number of hydrogen-bond donors (Lipinski definition) is 2. The number of anilines is 1. The maximum absolute atomic E-state index is 6.08. The van der Waals surface area contributed by atoms with Crippen molar-refractivity contribution < 1.29 is 4.74 Å². The molecule has 1 aliphatic rings. The van der Waals surface area contributed by atoms with E-state index in [2.05, 4.69) is 10.3 Å². The van der Waals surface area contributed by atoms with Crippen LogP contribution in [0.1, 0.15) is 23.5 Å². The van der Waals surface area contributed by atoms with Gasteiger partial charge in [-0.2, -0.15) is 0 Å². The van der Waals surface area contributed by atoms with Crippen LogP contribution in [-0.2, 0) is 11.3 Å². The van der Waals surface area contributed by atoms with Crippen molar-refractivity contribution >= 4 is 58.8 Å². The summed E-state index contributed by atoms with van der Waals surface area (Å²) in [4.78, 5) is 4.56. The molecule has 2 atom stereocenters. The summed E-state index contributed by atoms with van der Waals surface area (Å²) in [6.07, 6.45) is 0.958. The van der Waals surface area contributed by atoms with E-state index in [0.29, 0.717) is 28.5 Å². The van der Waals surface area contributed by atoms with Gasteiger partial charge in [-0.3, -0.25) is 0 Å². The molecule has 4 nitrogen and oxygen atoms in total. The summed E-state index contributed by atoms with van der Waals surface area (Å²) in [7, 11) is 1.67. The van der Waals surface area contributed by atoms with E-state index < -0.39 is 0 Å². The van der Waals surface area contributed by atoms with Crippen molar-refractivity contribution in [1.29, 1.82) is 0 Å². The fourth-order valence-corrected chi connectivity index (χ4v) is 3.00. The SMILES string of the molecule is COCc1ccccc1NC(N)=N[C@@H]1C[C@H]1c1ccc(Cl)c(Cl)c1.I. The van der Waals surface area contributed by atoms with Gasteiger partial charge in [-0.05, 0) is 30.2 Å². The van der Waals surface area contributed by atoms with Gasteiger partial charge in [0.05, 0.1) is 22.7 Å². The third kappa shape index (κ3) is 5.23. The van der Waals surface area contributed by atoms with Gasteiger partial charge in [0.1, 0.15) is 0 Å². The van der Waals surface area contributed by atoms with Gasteiger partial charge in [0, 0.05) is 24.3 Å². The fraction of sp³-hybridized carbons (Fsp3) is 0.278. The van der Waals surface area contributed by atoms with Crippen LogP contribution >= 0.6 is 47.2 Å². The lowest BCUT2D eigenvalue weighted by molar-refractivity contribution is 0.185. The number of nitrogens with one attached hydrogen (secondary N) is 1. The largest absolute Gasteiger partial charge is 0.380 e. The van der Waals surface area contributed by atoms with E-state index >= 15 is 0 Å². The predicted octanol–water partition coefficient (Wildman–Crippen LogP) is 5.04. The van der Waals surface area contributed by atoms with E-state index in [0.717, 1.165) is 23.2 Å². The Bertz CT molecular complexity index is 770. The number of benzene rings is 2. The van der Waals surface area contributed by atoms with Gasteiger partial charge >= 0.3 is 0 Å². The number of para-hydroxylation sites is 1. The van der Waals surface area contributed by atoms with Crippen LogP contribution in [0.5, 0.6) is 0 Å². The third-order valence-electron chi connectivity index (χ3n) is 4.01. The first-order valence-electron chi connectivity index (χ1n) is 7.70. The Hall–Kier alpha value is -1.02. The second-order valence-electron chi connectivity index (χ2n) is 5.81. The molecule has 0 aromatic heterocycles. The Balaban J connectivity index is 0.00000225. The molecular weight excluding hydrogens is 472 g/mol. The number of nitrogens with zero attached hydrogens (tertiary/aromatic N) is 1. The maximum atomic E-state index is 6.08. The molecule has 0 saturated heterocycles. The summed E-state index contributed by atoms with van der Waals surface area (Å²) in [5.41, 5.74) is 9.15. The molecule has 0 radical (unpaired) electrons. The summed E-state index contributed by atoms with van der Waals surface area (Å²) in [6, 6.07) is 13.8. The van der Waals surface area contributed by atoms with E-state index in [9.17, 15) is 0 Å². The molecule has 3 rings (SSSR count). The highest BCUT2D eigenvalue weighted by molar-refractivity contribution is 14.0. The molecule has 134 valence electrons. The van der Waals surface area contributed by atoms with Crippen LogP contribution in [0.4, 0.5) is 5.69 Å². The number of rotatable bonds is 5. The first-order valence-corrected chi connectivity index (χ1v) is 8.46. The third-order valence-corrected chi connectivity index (χ3v) is 4.75. The van der Waals surface area contributed by atoms with Gasteiger partial charge in [0.2, 0.25) is 0 Å². The molecule has 0 spiro atoms. The maximum Gasteiger partial charge on any atom is 0.193 e. The van der Waals surface area contributed by atoms with Crippen LogP contribution in [0, 0.1) is 0 Å². The van der Waals surface area contributed by atoms with E-state index in [4.69, 9.17) is 33.7 Å². The average Bonchev–Trinajstić information content (AvgIpc) is 3.31. The Morgan fingerprint density at radius 1 is 1.24 bits per heavy atom. The standard InChI is InChI=1S/C18H19Cl2N3O.HI/c1-24-10-12-4-2-3-5-16(12)22-18(21)23-17-9-13(17)11-6-7-14(19)15(20)8-11;/h2-8,13,17H,9-10H2,1H3,(H3,21,22,23);1H/t13-,17+;/m0./s1. The summed E-state index contributed by atoms with van der Waals surface area (Å²) < 4.78 is 5.20. The highest BCUT2D eigenvalue weighted by Crippen LogP contribution is 2.44. The van der Waals surface area contributed by atoms with Crippen LogP contribution in [0.15, 0.2) is 47.5 Å². The monoisotopic (exact) mass is 491 g/mol. The van der Waals surface area contributed by atoms with E-state index in [-0.39, 0.29) is 30.0 Å². The van der Waals surface area contributed by atoms with Crippen LogP contribution in [0.25, 0.3) is 0 Å². The molecule has 25 heavy (non-hydrogen) atoms. The van der Waals surface area contributed by atoms with Gasteiger partial charge in [0.25, 0.3) is 0 Å². The van der Waals surface area contributed by atoms with Gasteiger partial charge in [-0.1, -0.05) is 47.5 Å². The van der Waals surface area contributed by atoms with Crippen molar-refractivity contribution in [2.24, 2.45) is 10.7 Å². The minimum Gasteiger partial charge on any atom is -0.380 e. The number of nitrogens with two attached hydrogens (primary N) is 1. The summed E-state index contributed by atoms with van der Waals surface area (Å²) in [5.74, 6) is 0.750. The second-order valence-corrected chi connectivity index (χ2v) is 6.63. The Morgan fingerprint density at radius 2 is 2.00 bits per heavy atom. The number of guanidine groups is 1. The average molecular weight is 492 g/mol. The van der Waals surface area contributed by atoms with Crippen LogP contribution in [0.2, 0.25) is 10.0 Å². The lowest BCUT2D eigenvalue weighted by atomic mass is 10.1. The van der Waals surface area contributed by atoms with Crippen LogP contribution < -0.4 is 11.1 Å². The molecular formula is C18H20Cl2IN3O. The summed E-state index contributed by atoms with van der Waals surface area (Å²) in [5, 5.41) is 4.30. The first kappa shape index (κ1) is 20.3. The molecule has 0 heterocycles. The smallest absolute Gasteiger partial charge is 0.193 e. The van der Waals surface area contributed by atoms with Gasteiger partial charge in [-0.15, -0.1) is 24.0 Å². The zero-order valence-corrected chi connectivity index (χ0v) is 17.5. The molecule has 1 aliphatic carbocycles. The van der Waals surface area contributed by atoms with Crippen molar-refractivity contribution in [2.45, 2.75) is 25.0 Å². The zero-order valence-electron chi connectivity index (χ0n) is 13.7. The molecule has 0 unspecified atom stereocenters. The minimum absolute atomic E-state index is 0. The second kappa shape index (κ2) is 9.07. The topological polar surface area (TPSA) is 59.6 Å². The number of methoxy groups -OCH3 is 1. The van der Waals surface area contributed by atoms with Gasteiger partial charge < -0.3 is 15.8 Å². The van der Waals surface area contributed by atoms with Crippen molar-refractivity contribution in [3.63, 3.8) is 0 Å². The van der Waals surface area contributed by atoms with Crippen LogP contribution in [0.3, 0.4) is 0 Å². The lowest BCUT2D eigenvalue weighted by Crippen LogP contribution is -2.24. The molecule has 0 bridgehead atoms. The van der Waals surface area contributed by atoms with E-state index in [1.807, 2.05) is 42.5 Å². The minimum atomic E-state index is 0.